The van der Waals surface area contributed by atoms with Crippen LogP contribution in [0.3, 0.4) is 0 Å². The molecule has 1 fully saturated rings. The summed E-state index contributed by atoms with van der Waals surface area (Å²) in [6.45, 7) is 5.17. The van der Waals surface area contributed by atoms with Gasteiger partial charge in [0.2, 0.25) is 5.91 Å². The first kappa shape index (κ1) is 22.5. The number of rotatable bonds is 7. The van der Waals surface area contributed by atoms with Gasteiger partial charge in [-0.1, -0.05) is 91.0 Å². The zero-order chi connectivity index (χ0) is 23.6. The smallest absolute Gasteiger partial charge is 0.303 e. The number of β-lactam (4-membered cyclic amide) rings is 1. The van der Waals surface area contributed by atoms with E-state index in [1.165, 1.54) is 6.92 Å². The summed E-state index contributed by atoms with van der Waals surface area (Å²) in [5.41, 5.74) is 0.532. The molecule has 0 spiro atoms. The highest BCUT2D eigenvalue weighted by molar-refractivity contribution is 6.14. The first-order chi connectivity index (χ1) is 15.9. The van der Waals surface area contributed by atoms with Crippen molar-refractivity contribution in [2.45, 2.75) is 38.5 Å². The van der Waals surface area contributed by atoms with Gasteiger partial charge in [-0.05, 0) is 13.8 Å². The fourth-order valence-corrected chi connectivity index (χ4v) is 4.84. The minimum Gasteiger partial charge on any atom is -0.447 e. The number of nitrogens with zero attached hydrogens (tertiary/aromatic N) is 1. The zero-order valence-electron chi connectivity index (χ0n) is 19.0. The van der Waals surface area contributed by atoms with Crippen molar-refractivity contribution in [3.05, 3.63) is 108 Å². The lowest BCUT2D eigenvalue weighted by Gasteiger charge is -2.56. The number of likely N-dealkylation sites (tertiary alicyclic amines) is 1. The third-order valence-corrected chi connectivity index (χ3v) is 6.16. The van der Waals surface area contributed by atoms with Crippen LogP contribution in [0.15, 0.2) is 91.0 Å². The normalized spacial score (nSPS) is 18.1. The summed E-state index contributed by atoms with van der Waals surface area (Å²) >= 11 is 0. The van der Waals surface area contributed by atoms with E-state index in [-0.39, 0.29) is 17.7 Å². The molecule has 2 atom stereocenters. The number of Topliss-reactive ketones (excluding diaryl/α,β-unsaturated/α-hetero) is 1. The van der Waals surface area contributed by atoms with Gasteiger partial charge in [0.1, 0.15) is 5.92 Å². The topological polar surface area (TPSA) is 63.7 Å². The second kappa shape index (κ2) is 9.02. The van der Waals surface area contributed by atoms with E-state index in [9.17, 15) is 14.4 Å². The highest BCUT2D eigenvalue weighted by Crippen LogP contribution is 2.49. The Morgan fingerprint density at radius 1 is 0.818 bits per heavy atom. The van der Waals surface area contributed by atoms with E-state index in [1.54, 1.807) is 29.2 Å². The van der Waals surface area contributed by atoms with Gasteiger partial charge in [-0.3, -0.25) is 14.4 Å². The van der Waals surface area contributed by atoms with Gasteiger partial charge in [-0.15, -0.1) is 0 Å². The van der Waals surface area contributed by atoms with Crippen molar-refractivity contribution in [2.24, 2.45) is 5.92 Å². The maximum Gasteiger partial charge on any atom is 0.303 e. The number of amides is 1. The predicted octanol–water partition coefficient (Wildman–Crippen LogP) is 4.61. The number of ether oxygens (including phenoxy) is 1. The Balaban J connectivity index is 1.97. The van der Waals surface area contributed by atoms with E-state index in [1.807, 2.05) is 80.6 Å². The summed E-state index contributed by atoms with van der Waals surface area (Å²) in [7, 11) is 0. The minimum absolute atomic E-state index is 0.190. The average Bonchev–Trinajstić information content (AvgIpc) is 2.82. The molecule has 0 aliphatic carbocycles. The highest BCUT2D eigenvalue weighted by Gasteiger charge is 2.64. The Morgan fingerprint density at radius 2 is 1.27 bits per heavy atom. The molecule has 33 heavy (non-hydrogen) atoms. The fourth-order valence-electron chi connectivity index (χ4n) is 4.84. The first-order valence-corrected chi connectivity index (χ1v) is 11.1. The largest absolute Gasteiger partial charge is 0.447 e. The molecule has 0 saturated carbocycles. The Bertz CT molecular complexity index is 1100. The minimum atomic E-state index is -1.35. The van der Waals surface area contributed by atoms with Crippen molar-refractivity contribution in [1.29, 1.82) is 0 Å². The van der Waals surface area contributed by atoms with Gasteiger partial charge in [-0.2, -0.15) is 0 Å². The summed E-state index contributed by atoms with van der Waals surface area (Å²) in [6, 6.07) is 26.6. The standard InChI is InChI=1S/C28H27NO4/c1-19(2)29-26(24(27(29)32)25(31)21-13-7-4-8-14-21)28(33-20(3)30,22-15-9-5-10-16-22)23-17-11-6-12-18-23/h4-19,24,26H,1-3H3/t24-,26+/m1/s1. The molecule has 0 unspecified atom stereocenters. The molecule has 4 rings (SSSR count). The molecule has 168 valence electrons. The van der Waals surface area contributed by atoms with E-state index in [0.717, 1.165) is 0 Å². The molecule has 3 aromatic rings. The lowest BCUT2D eigenvalue weighted by molar-refractivity contribution is -0.188. The van der Waals surface area contributed by atoms with Gasteiger partial charge in [0.05, 0.1) is 6.04 Å². The van der Waals surface area contributed by atoms with Crippen molar-refractivity contribution in [2.75, 3.05) is 0 Å². The van der Waals surface area contributed by atoms with Crippen LogP contribution in [0.25, 0.3) is 0 Å². The van der Waals surface area contributed by atoms with Crippen molar-refractivity contribution >= 4 is 17.7 Å². The van der Waals surface area contributed by atoms with E-state index in [4.69, 9.17) is 4.74 Å². The molecular formula is C28H27NO4. The van der Waals surface area contributed by atoms with Gasteiger partial charge < -0.3 is 9.64 Å². The van der Waals surface area contributed by atoms with Gasteiger partial charge >= 0.3 is 5.97 Å². The van der Waals surface area contributed by atoms with E-state index < -0.39 is 23.5 Å². The van der Waals surface area contributed by atoms with Gasteiger partial charge in [0.25, 0.3) is 0 Å². The Morgan fingerprint density at radius 3 is 1.70 bits per heavy atom. The van der Waals surface area contributed by atoms with Crippen molar-refractivity contribution in [3.8, 4) is 0 Å². The van der Waals surface area contributed by atoms with Crippen molar-refractivity contribution in [1.82, 2.24) is 4.90 Å². The molecule has 1 amide bonds. The molecule has 3 aromatic carbocycles. The van der Waals surface area contributed by atoms with Gasteiger partial charge in [0, 0.05) is 29.7 Å². The Kier molecular flexibility index (Phi) is 6.14. The molecule has 5 nitrogen and oxygen atoms in total. The lowest BCUT2D eigenvalue weighted by Crippen LogP contribution is -2.73. The summed E-state index contributed by atoms with van der Waals surface area (Å²) in [6.07, 6.45) is 0. The number of ketones is 1. The molecule has 1 aliphatic rings. The van der Waals surface area contributed by atoms with Crippen LogP contribution >= 0.6 is 0 Å². The summed E-state index contributed by atoms with van der Waals surface area (Å²) < 4.78 is 6.17. The quantitative estimate of drug-likeness (QED) is 0.232. The van der Waals surface area contributed by atoms with Crippen LogP contribution in [0.5, 0.6) is 0 Å². The van der Waals surface area contributed by atoms with E-state index in [0.29, 0.717) is 16.7 Å². The van der Waals surface area contributed by atoms with Gasteiger partial charge in [-0.25, -0.2) is 0 Å². The number of carbonyl (C=O) groups is 3. The predicted molar refractivity (Wildman–Crippen MR) is 125 cm³/mol. The van der Waals surface area contributed by atoms with E-state index in [2.05, 4.69) is 0 Å². The van der Waals surface area contributed by atoms with Crippen molar-refractivity contribution in [3.63, 3.8) is 0 Å². The number of esters is 1. The number of hydrogen-bond acceptors (Lipinski definition) is 4. The molecule has 0 radical (unpaired) electrons. The second-order valence-corrected chi connectivity index (χ2v) is 8.55. The SMILES string of the molecule is CC(=O)OC(c1ccccc1)(c1ccccc1)[C@@H]1[C@@H](C(=O)c2ccccc2)C(=O)N1C(C)C. The van der Waals surface area contributed by atoms with E-state index >= 15 is 0 Å². The molecular weight excluding hydrogens is 414 g/mol. The maximum atomic E-state index is 13.6. The number of hydrogen-bond donors (Lipinski definition) is 0. The number of carbonyl (C=O) groups excluding carboxylic acids is 3. The monoisotopic (exact) mass is 441 g/mol. The fraction of sp³-hybridized carbons (Fsp3) is 0.250. The van der Waals surface area contributed by atoms with Crippen LogP contribution in [0.2, 0.25) is 0 Å². The second-order valence-electron chi connectivity index (χ2n) is 8.55. The Hall–Kier alpha value is -3.73. The zero-order valence-corrected chi connectivity index (χ0v) is 19.0. The van der Waals surface area contributed by atoms with Crippen LogP contribution < -0.4 is 0 Å². The van der Waals surface area contributed by atoms with Crippen LogP contribution in [0.4, 0.5) is 0 Å². The van der Waals surface area contributed by atoms with Crippen LogP contribution in [-0.4, -0.2) is 34.6 Å². The summed E-state index contributed by atoms with van der Waals surface area (Å²) in [5.74, 6) is -2.00. The molecule has 0 aromatic heterocycles. The summed E-state index contributed by atoms with van der Waals surface area (Å²) in [4.78, 5) is 41.2. The highest BCUT2D eigenvalue weighted by atomic mass is 16.6. The molecule has 1 saturated heterocycles. The molecule has 0 N–H and O–H groups in total. The molecule has 1 heterocycles. The Labute approximate surface area is 194 Å². The molecule has 1 aliphatic heterocycles. The molecule has 5 heteroatoms. The number of benzene rings is 3. The third kappa shape index (κ3) is 3.84. The molecule has 0 bridgehead atoms. The lowest BCUT2D eigenvalue weighted by atomic mass is 9.66. The van der Waals surface area contributed by atoms with Crippen LogP contribution in [-0.2, 0) is 19.9 Å². The van der Waals surface area contributed by atoms with Crippen LogP contribution in [0, 0.1) is 5.92 Å². The van der Waals surface area contributed by atoms with Crippen LogP contribution in [0.1, 0.15) is 42.3 Å². The van der Waals surface area contributed by atoms with Gasteiger partial charge in [0.15, 0.2) is 11.4 Å². The van der Waals surface area contributed by atoms with Crippen molar-refractivity contribution < 1.29 is 19.1 Å². The maximum absolute atomic E-state index is 13.6. The first-order valence-electron chi connectivity index (χ1n) is 11.1. The average molecular weight is 442 g/mol. The summed E-state index contributed by atoms with van der Waals surface area (Å²) in [5, 5.41) is 0. The third-order valence-electron chi connectivity index (χ3n) is 6.16.